The average Bonchev–Trinajstić information content (AvgIpc) is 2.49. The Morgan fingerprint density at radius 1 is 1.13 bits per heavy atom. The van der Waals surface area contributed by atoms with E-state index in [1.54, 1.807) is 0 Å². The van der Waals surface area contributed by atoms with Crippen molar-refractivity contribution in [3.63, 3.8) is 0 Å². The van der Waals surface area contributed by atoms with Gasteiger partial charge in [-0.2, -0.15) is 0 Å². The first kappa shape index (κ1) is 16.6. The van der Waals surface area contributed by atoms with Crippen LogP contribution in [0.2, 0.25) is 0 Å². The first-order valence-corrected chi connectivity index (χ1v) is 8.63. The molecular weight excluding hydrogens is 290 g/mol. The van der Waals surface area contributed by atoms with E-state index in [4.69, 9.17) is 14.2 Å². The van der Waals surface area contributed by atoms with Gasteiger partial charge in [-0.1, -0.05) is 26.0 Å². The molecule has 1 saturated carbocycles. The Morgan fingerprint density at radius 2 is 1.83 bits per heavy atom. The molecule has 0 N–H and O–H groups in total. The van der Waals surface area contributed by atoms with Crippen LogP contribution in [0.15, 0.2) is 24.3 Å². The third-order valence-corrected chi connectivity index (χ3v) is 4.53. The maximum atomic E-state index is 6.30. The van der Waals surface area contributed by atoms with Crippen LogP contribution in [-0.2, 0) is 4.74 Å². The van der Waals surface area contributed by atoms with E-state index in [9.17, 15) is 0 Å². The van der Waals surface area contributed by atoms with Gasteiger partial charge in [0.1, 0.15) is 6.10 Å². The summed E-state index contributed by atoms with van der Waals surface area (Å²) >= 11 is 0. The minimum absolute atomic E-state index is 0.00815. The number of rotatable bonds is 5. The molecule has 4 heteroatoms. The molecular formula is C19H29NO3. The third kappa shape index (κ3) is 3.99. The van der Waals surface area contributed by atoms with Crippen LogP contribution in [-0.4, -0.2) is 50.5 Å². The highest BCUT2D eigenvalue weighted by molar-refractivity contribution is 5.41. The largest absolute Gasteiger partial charge is 0.483 e. The molecule has 3 unspecified atom stereocenters. The van der Waals surface area contributed by atoms with Gasteiger partial charge in [0, 0.05) is 12.0 Å². The lowest BCUT2D eigenvalue weighted by Gasteiger charge is -2.42. The van der Waals surface area contributed by atoms with Crippen molar-refractivity contribution in [1.82, 2.24) is 4.90 Å². The van der Waals surface area contributed by atoms with Crippen LogP contribution in [0, 0.1) is 5.41 Å². The molecule has 1 aliphatic carbocycles. The lowest BCUT2D eigenvalue weighted by Crippen LogP contribution is -2.52. The number of ether oxygens (including phenoxy) is 3. The fraction of sp³-hybridized carbons (Fsp3) is 0.684. The Balaban J connectivity index is 1.65. The van der Waals surface area contributed by atoms with Gasteiger partial charge in [-0.3, -0.25) is 0 Å². The highest BCUT2D eigenvalue weighted by atomic mass is 16.6. The molecule has 0 bridgehead atoms. The first-order chi connectivity index (χ1) is 10.9. The van der Waals surface area contributed by atoms with Gasteiger partial charge in [0.2, 0.25) is 0 Å². The molecule has 1 aromatic carbocycles. The van der Waals surface area contributed by atoms with E-state index < -0.39 is 0 Å². The van der Waals surface area contributed by atoms with Crippen LogP contribution in [0.4, 0.5) is 0 Å². The molecule has 0 saturated heterocycles. The quantitative estimate of drug-likeness (QED) is 0.833. The molecule has 128 valence electrons. The zero-order chi connectivity index (χ0) is 16.4. The van der Waals surface area contributed by atoms with E-state index in [0.717, 1.165) is 43.9 Å². The molecule has 0 spiro atoms. The van der Waals surface area contributed by atoms with Crippen molar-refractivity contribution in [2.75, 3.05) is 27.2 Å². The van der Waals surface area contributed by atoms with Gasteiger partial charge in [0.05, 0.1) is 12.7 Å². The van der Waals surface area contributed by atoms with Gasteiger partial charge in [-0.15, -0.1) is 0 Å². The van der Waals surface area contributed by atoms with Crippen LogP contribution in [0.5, 0.6) is 11.5 Å². The second-order valence-electron chi connectivity index (χ2n) is 7.87. The summed E-state index contributed by atoms with van der Waals surface area (Å²) in [6, 6.07) is 7.94. The standard InChI is InChI=1S/C19H29NO3/c1-19(2,12-20(3)4)13-21-16-10-7-11-17-18(16)23-15-9-6-5-8-14(15)22-17/h5-6,8-9,16-18H,7,10-13H2,1-4H3. The summed E-state index contributed by atoms with van der Waals surface area (Å²) in [4.78, 5) is 2.21. The monoisotopic (exact) mass is 319 g/mol. The summed E-state index contributed by atoms with van der Waals surface area (Å²) in [5.74, 6) is 1.71. The second-order valence-corrected chi connectivity index (χ2v) is 7.87. The Morgan fingerprint density at radius 3 is 2.52 bits per heavy atom. The summed E-state index contributed by atoms with van der Waals surface area (Å²) < 4.78 is 18.7. The molecule has 1 heterocycles. The van der Waals surface area contributed by atoms with Crippen molar-refractivity contribution in [3.05, 3.63) is 24.3 Å². The highest BCUT2D eigenvalue weighted by Gasteiger charge is 2.41. The molecule has 3 rings (SSSR count). The van der Waals surface area contributed by atoms with E-state index in [1.165, 1.54) is 0 Å². The third-order valence-electron chi connectivity index (χ3n) is 4.53. The lowest BCUT2D eigenvalue weighted by molar-refractivity contribution is -0.122. The SMILES string of the molecule is CN(C)CC(C)(C)COC1CCCC2Oc3ccccc3OC12. The van der Waals surface area contributed by atoms with Crippen LogP contribution in [0.25, 0.3) is 0 Å². The van der Waals surface area contributed by atoms with Crippen molar-refractivity contribution >= 4 is 0 Å². The second kappa shape index (κ2) is 6.70. The van der Waals surface area contributed by atoms with Gasteiger partial charge < -0.3 is 19.1 Å². The molecule has 3 atom stereocenters. The molecule has 2 aliphatic rings. The Bertz CT molecular complexity index is 529. The normalized spacial score (nSPS) is 26.9. The number of hydrogen-bond donors (Lipinski definition) is 0. The smallest absolute Gasteiger partial charge is 0.161 e. The van der Waals surface area contributed by atoms with Crippen LogP contribution in [0.3, 0.4) is 0 Å². The van der Waals surface area contributed by atoms with Crippen molar-refractivity contribution in [3.8, 4) is 11.5 Å². The molecule has 1 fully saturated rings. The van der Waals surface area contributed by atoms with Crippen molar-refractivity contribution in [2.24, 2.45) is 5.41 Å². The van der Waals surface area contributed by atoms with E-state index in [-0.39, 0.29) is 23.7 Å². The summed E-state index contributed by atoms with van der Waals surface area (Å²) in [5.41, 5.74) is 0.129. The molecule has 1 aliphatic heterocycles. The minimum Gasteiger partial charge on any atom is -0.483 e. The van der Waals surface area contributed by atoms with Gasteiger partial charge in [-0.05, 0) is 45.5 Å². The minimum atomic E-state index is 0.00815. The first-order valence-electron chi connectivity index (χ1n) is 8.63. The maximum Gasteiger partial charge on any atom is 0.161 e. The zero-order valence-electron chi connectivity index (χ0n) is 14.7. The summed E-state index contributed by atoms with van der Waals surface area (Å²) in [6.07, 6.45) is 3.45. The van der Waals surface area contributed by atoms with Gasteiger partial charge >= 0.3 is 0 Å². The number of para-hydroxylation sites is 2. The van der Waals surface area contributed by atoms with Crippen LogP contribution < -0.4 is 9.47 Å². The zero-order valence-corrected chi connectivity index (χ0v) is 14.7. The van der Waals surface area contributed by atoms with Crippen molar-refractivity contribution in [2.45, 2.75) is 51.4 Å². The fourth-order valence-corrected chi connectivity index (χ4v) is 3.73. The summed E-state index contributed by atoms with van der Waals surface area (Å²) in [6.45, 7) is 6.25. The number of hydrogen-bond acceptors (Lipinski definition) is 4. The average molecular weight is 319 g/mol. The topological polar surface area (TPSA) is 30.9 Å². The van der Waals surface area contributed by atoms with Crippen LogP contribution in [0.1, 0.15) is 33.1 Å². The lowest BCUT2D eigenvalue weighted by atomic mass is 9.89. The van der Waals surface area contributed by atoms with E-state index in [2.05, 4.69) is 32.8 Å². The summed E-state index contributed by atoms with van der Waals surface area (Å²) in [7, 11) is 4.21. The predicted molar refractivity (Wildman–Crippen MR) is 91.2 cm³/mol. The molecule has 1 aromatic rings. The molecule has 4 nitrogen and oxygen atoms in total. The molecule has 0 amide bonds. The Kier molecular flexibility index (Phi) is 4.83. The Labute approximate surface area is 139 Å². The number of benzene rings is 1. The van der Waals surface area contributed by atoms with Gasteiger partial charge in [0.25, 0.3) is 0 Å². The van der Waals surface area contributed by atoms with E-state index in [0.29, 0.717) is 0 Å². The van der Waals surface area contributed by atoms with Gasteiger partial charge in [-0.25, -0.2) is 0 Å². The van der Waals surface area contributed by atoms with Crippen molar-refractivity contribution < 1.29 is 14.2 Å². The molecule has 0 aromatic heterocycles. The predicted octanol–water partition coefficient (Wildman–Crippen LogP) is 3.35. The highest BCUT2D eigenvalue weighted by Crippen LogP contribution is 2.39. The fourth-order valence-electron chi connectivity index (χ4n) is 3.73. The van der Waals surface area contributed by atoms with Crippen LogP contribution >= 0.6 is 0 Å². The molecule has 0 radical (unpaired) electrons. The number of fused-ring (bicyclic) bond motifs is 2. The summed E-state index contributed by atoms with van der Waals surface area (Å²) in [5, 5.41) is 0. The number of nitrogens with zero attached hydrogens (tertiary/aromatic N) is 1. The van der Waals surface area contributed by atoms with E-state index in [1.807, 2.05) is 24.3 Å². The van der Waals surface area contributed by atoms with Crippen molar-refractivity contribution in [1.29, 1.82) is 0 Å². The Hall–Kier alpha value is -1.26. The molecule has 23 heavy (non-hydrogen) atoms. The van der Waals surface area contributed by atoms with Gasteiger partial charge in [0.15, 0.2) is 17.6 Å². The maximum absolute atomic E-state index is 6.30. The van der Waals surface area contributed by atoms with E-state index >= 15 is 0 Å².